The van der Waals surface area contributed by atoms with Gasteiger partial charge >= 0.3 is 6.09 Å². The van der Waals surface area contributed by atoms with Gasteiger partial charge in [-0.2, -0.15) is 5.10 Å². The third-order valence-electron chi connectivity index (χ3n) is 5.31. The van der Waals surface area contributed by atoms with Crippen molar-refractivity contribution >= 4 is 28.8 Å². The third kappa shape index (κ3) is 6.02. The summed E-state index contributed by atoms with van der Waals surface area (Å²) in [5, 5.41) is 12.9. The van der Waals surface area contributed by atoms with E-state index in [0.29, 0.717) is 25.3 Å². The fraction of sp³-hybridized carbons (Fsp3) is 0.737. The second kappa shape index (κ2) is 8.83. The largest absolute Gasteiger partial charge is 0.446 e. The predicted octanol–water partition coefficient (Wildman–Crippen LogP) is 2.12. The van der Waals surface area contributed by atoms with Gasteiger partial charge in [0.2, 0.25) is 5.91 Å². The fourth-order valence-electron chi connectivity index (χ4n) is 3.83. The number of nitrogens with one attached hydrogen (secondary N) is 3. The molecule has 0 aromatic carbocycles. The molecule has 0 bridgehead atoms. The van der Waals surface area contributed by atoms with Crippen LogP contribution in [0, 0.1) is 5.92 Å². The van der Waals surface area contributed by atoms with E-state index in [2.05, 4.69) is 20.8 Å². The molecule has 9 nitrogen and oxygen atoms in total. The van der Waals surface area contributed by atoms with E-state index in [0.717, 1.165) is 25.0 Å². The maximum Gasteiger partial charge on any atom is 0.407 e. The van der Waals surface area contributed by atoms with Crippen LogP contribution >= 0.6 is 0 Å². The Hall–Kier alpha value is -1.94. The average Bonchev–Trinajstić information content (AvgIpc) is 3.32. The van der Waals surface area contributed by atoms with Crippen molar-refractivity contribution in [1.29, 1.82) is 0 Å². The molecular weight excluding hydrogens is 394 g/mol. The van der Waals surface area contributed by atoms with Crippen LogP contribution in [0.25, 0.3) is 0 Å². The van der Waals surface area contributed by atoms with Gasteiger partial charge in [0, 0.05) is 42.6 Å². The zero-order valence-corrected chi connectivity index (χ0v) is 18.3. The quantitative estimate of drug-likeness (QED) is 0.668. The van der Waals surface area contributed by atoms with Gasteiger partial charge in [-0.05, 0) is 46.5 Å². The molecule has 2 aliphatic rings. The van der Waals surface area contributed by atoms with Crippen molar-refractivity contribution in [2.75, 3.05) is 24.7 Å². The Labute approximate surface area is 173 Å². The summed E-state index contributed by atoms with van der Waals surface area (Å²) >= 11 is 0. The maximum absolute atomic E-state index is 12.4. The van der Waals surface area contributed by atoms with Crippen molar-refractivity contribution in [1.82, 2.24) is 19.8 Å². The monoisotopic (exact) mass is 425 g/mol. The first-order valence-electron chi connectivity index (χ1n) is 10.0. The predicted molar refractivity (Wildman–Crippen MR) is 111 cm³/mol. The number of nitrogens with zero attached hydrogens (tertiary/aromatic N) is 2. The number of alkyl carbamates (subject to hydrolysis) is 1. The number of amides is 2. The van der Waals surface area contributed by atoms with E-state index in [1.165, 1.54) is 0 Å². The zero-order valence-electron chi connectivity index (χ0n) is 17.5. The number of ether oxygens (including phenoxy) is 1. The molecule has 4 unspecified atom stereocenters. The standard InChI is InChI=1S/C19H31N5O4S/c1-19(2,3)21-18(26)28-14-6-5-12(9-14)15-10-16(23-22-15)20-17(25)13-7-8-24(11-13)29(4)27/h10,12-14H,5-9,11H2,1-4H3,(H,21,26)(H2,20,22,23,25). The van der Waals surface area contributed by atoms with Crippen molar-refractivity contribution in [3.8, 4) is 0 Å². The zero-order chi connectivity index (χ0) is 21.2. The minimum Gasteiger partial charge on any atom is -0.446 e. The van der Waals surface area contributed by atoms with Crippen molar-refractivity contribution in [2.24, 2.45) is 5.92 Å². The highest BCUT2D eigenvalue weighted by Crippen LogP contribution is 2.36. The minimum atomic E-state index is -1.04. The van der Waals surface area contributed by atoms with Gasteiger partial charge in [0.05, 0.1) is 16.9 Å². The number of H-pyrrole nitrogens is 1. The van der Waals surface area contributed by atoms with Crippen molar-refractivity contribution in [3.05, 3.63) is 11.8 Å². The molecule has 1 saturated carbocycles. The summed E-state index contributed by atoms with van der Waals surface area (Å²) in [6.07, 6.45) is 4.24. The highest BCUT2D eigenvalue weighted by molar-refractivity contribution is 7.81. The molecule has 1 aromatic heterocycles. The Balaban J connectivity index is 1.48. The Kier molecular flexibility index (Phi) is 6.62. The number of aromatic nitrogens is 2. The summed E-state index contributed by atoms with van der Waals surface area (Å²) in [7, 11) is -1.04. The SMILES string of the molecule is CS(=O)N1CCC(C(=O)Nc2cc(C3CCC(OC(=O)NC(C)(C)C)C3)[nH]n2)C1. The number of carbonyl (C=O) groups is 2. The maximum atomic E-state index is 12.4. The lowest BCUT2D eigenvalue weighted by atomic mass is 10.0. The van der Waals surface area contributed by atoms with E-state index in [-0.39, 0.29) is 35.5 Å². The first-order chi connectivity index (χ1) is 13.6. The second-order valence-corrected chi connectivity index (χ2v) is 10.3. The normalized spacial score (nSPS) is 26.3. The van der Waals surface area contributed by atoms with Crippen LogP contribution in [-0.2, 0) is 20.5 Å². The fourth-order valence-corrected chi connectivity index (χ4v) is 4.58. The minimum absolute atomic E-state index is 0.0949. The van der Waals surface area contributed by atoms with E-state index in [1.54, 1.807) is 10.6 Å². The molecule has 2 fully saturated rings. The number of carbonyl (C=O) groups excluding carboxylic acids is 2. The molecular formula is C19H31N5O4S. The molecule has 2 amide bonds. The molecule has 162 valence electrons. The average molecular weight is 426 g/mol. The van der Waals surface area contributed by atoms with Crippen LogP contribution < -0.4 is 10.6 Å². The number of anilines is 1. The van der Waals surface area contributed by atoms with Gasteiger partial charge in [-0.15, -0.1) is 0 Å². The van der Waals surface area contributed by atoms with Gasteiger partial charge in [0.15, 0.2) is 5.82 Å². The molecule has 1 aliphatic carbocycles. The number of hydrogen-bond acceptors (Lipinski definition) is 5. The van der Waals surface area contributed by atoms with E-state index < -0.39 is 11.0 Å². The Bertz CT molecular complexity index is 775. The van der Waals surface area contributed by atoms with Crippen LogP contribution in [0.3, 0.4) is 0 Å². The molecule has 1 aromatic rings. The summed E-state index contributed by atoms with van der Waals surface area (Å²) in [5.41, 5.74) is 0.610. The van der Waals surface area contributed by atoms with E-state index in [1.807, 2.05) is 26.8 Å². The van der Waals surface area contributed by atoms with Gasteiger partial charge < -0.3 is 15.4 Å². The molecule has 29 heavy (non-hydrogen) atoms. The number of rotatable bonds is 5. The van der Waals surface area contributed by atoms with Gasteiger partial charge in [-0.25, -0.2) is 13.3 Å². The second-order valence-electron chi connectivity index (χ2n) is 8.91. The molecule has 0 spiro atoms. The Morgan fingerprint density at radius 2 is 2.07 bits per heavy atom. The summed E-state index contributed by atoms with van der Waals surface area (Å²) in [6.45, 7) is 6.91. The van der Waals surface area contributed by atoms with E-state index in [4.69, 9.17) is 4.74 Å². The molecule has 10 heteroatoms. The molecule has 3 N–H and O–H groups in total. The van der Waals surface area contributed by atoms with E-state index >= 15 is 0 Å². The number of hydrogen-bond donors (Lipinski definition) is 3. The van der Waals surface area contributed by atoms with Crippen LogP contribution in [0.2, 0.25) is 0 Å². The molecule has 4 atom stereocenters. The van der Waals surface area contributed by atoms with Crippen molar-refractivity contribution in [2.45, 2.75) is 64.0 Å². The molecule has 3 rings (SSSR count). The number of aromatic amines is 1. The Morgan fingerprint density at radius 3 is 2.72 bits per heavy atom. The summed E-state index contributed by atoms with van der Waals surface area (Å²) in [4.78, 5) is 24.4. The molecule has 0 radical (unpaired) electrons. The molecule has 2 heterocycles. The topological polar surface area (TPSA) is 116 Å². The van der Waals surface area contributed by atoms with Gasteiger partial charge in [-0.1, -0.05) is 0 Å². The summed E-state index contributed by atoms with van der Waals surface area (Å²) in [6, 6.07) is 1.85. The highest BCUT2D eigenvalue weighted by Gasteiger charge is 2.32. The smallest absolute Gasteiger partial charge is 0.407 e. The highest BCUT2D eigenvalue weighted by atomic mass is 32.2. The van der Waals surface area contributed by atoms with E-state index in [9.17, 15) is 13.8 Å². The lowest BCUT2D eigenvalue weighted by Crippen LogP contribution is -2.42. The summed E-state index contributed by atoms with van der Waals surface area (Å²) in [5.74, 6) is 0.438. The summed E-state index contributed by atoms with van der Waals surface area (Å²) < 4.78 is 18.9. The van der Waals surface area contributed by atoms with Gasteiger partial charge in [-0.3, -0.25) is 9.89 Å². The molecule has 1 saturated heterocycles. The van der Waals surface area contributed by atoms with Crippen LogP contribution in [0.1, 0.15) is 58.1 Å². The lowest BCUT2D eigenvalue weighted by molar-refractivity contribution is -0.119. The van der Waals surface area contributed by atoms with Crippen molar-refractivity contribution < 1.29 is 18.5 Å². The van der Waals surface area contributed by atoms with Crippen LogP contribution in [0.5, 0.6) is 0 Å². The van der Waals surface area contributed by atoms with Gasteiger partial charge in [0.1, 0.15) is 6.10 Å². The van der Waals surface area contributed by atoms with Crippen LogP contribution in [0.4, 0.5) is 10.6 Å². The lowest BCUT2D eigenvalue weighted by Gasteiger charge is -2.22. The van der Waals surface area contributed by atoms with Crippen LogP contribution in [-0.4, -0.2) is 61.7 Å². The van der Waals surface area contributed by atoms with Crippen LogP contribution in [0.15, 0.2) is 6.07 Å². The molecule has 1 aliphatic heterocycles. The Morgan fingerprint density at radius 1 is 1.31 bits per heavy atom. The first-order valence-corrected chi connectivity index (χ1v) is 11.6. The van der Waals surface area contributed by atoms with Gasteiger partial charge in [0.25, 0.3) is 0 Å². The third-order valence-corrected chi connectivity index (χ3v) is 6.37. The van der Waals surface area contributed by atoms with Crippen molar-refractivity contribution in [3.63, 3.8) is 0 Å². The first kappa shape index (κ1) is 21.8.